The summed E-state index contributed by atoms with van der Waals surface area (Å²) < 4.78 is 5.26. The number of carbonyl (C=O) groups excluding carboxylic acids is 2. The molecule has 0 aliphatic carbocycles. The molecule has 1 heterocycles. The molecule has 0 spiro atoms. The third-order valence-electron chi connectivity index (χ3n) is 5.28. The van der Waals surface area contributed by atoms with Gasteiger partial charge < -0.3 is 4.74 Å². The topological polar surface area (TPSA) is 58.6 Å². The zero-order valence-electron chi connectivity index (χ0n) is 15.9. The van der Waals surface area contributed by atoms with Gasteiger partial charge >= 0.3 is 0 Å². The molecule has 2 amide bonds. The van der Waals surface area contributed by atoms with Crippen LogP contribution in [-0.4, -0.2) is 23.9 Å². The first-order chi connectivity index (χ1) is 13.6. The van der Waals surface area contributed by atoms with E-state index in [2.05, 4.69) is 5.43 Å². The minimum Gasteiger partial charge on any atom is -0.497 e. The first kappa shape index (κ1) is 18.2. The van der Waals surface area contributed by atoms with Gasteiger partial charge in [0.05, 0.1) is 19.1 Å². The Bertz CT molecular complexity index is 1030. The first-order valence-corrected chi connectivity index (χ1v) is 9.32. The summed E-state index contributed by atoms with van der Waals surface area (Å²) in [6.45, 7) is 1.83. The Morgan fingerprint density at radius 3 is 2.54 bits per heavy atom. The summed E-state index contributed by atoms with van der Waals surface area (Å²) in [5.74, 6) is -0.0758. The van der Waals surface area contributed by atoms with Gasteiger partial charge in [-0.25, -0.2) is 10.4 Å². The average Bonchev–Trinajstić information content (AvgIpc) is 3.14. The molecule has 4 rings (SSSR count). The Morgan fingerprint density at radius 1 is 1.07 bits per heavy atom. The van der Waals surface area contributed by atoms with Crippen LogP contribution in [0.25, 0.3) is 10.8 Å². The molecule has 28 heavy (non-hydrogen) atoms. The number of amides is 2. The van der Waals surface area contributed by atoms with Gasteiger partial charge in [-0.2, -0.15) is 0 Å². The molecule has 0 radical (unpaired) electrons. The lowest BCUT2D eigenvalue weighted by molar-refractivity contribution is -0.145. The number of ether oxygens (including phenoxy) is 1. The molecule has 0 bridgehead atoms. The maximum Gasteiger partial charge on any atom is 0.251 e. The van der Waals surface area contributed by atoms with E-state index in [1.54, 1.807) is 7.11 Å². The molecule has 0 unspecified atom stereocenters. The smallest absolute Gasteiger partial charge is 0.251 e. The van der Waals surface area contributed by atoms with Gasteiger partial charge in [0, 0.05) is 6.42 Å². The lowest BCUT2D eigenvalue weighted by atomic mass is 9.97. The van der Waals surface area contributed by atoms with E-state index < -0.39 is 5.92 Å². The first-order valence-electron chi connectivity index (χ1n) is 9.32. The zero-order valence-corrected chi connectivity index (χ0v) is 15.9. The quantitative estimate of drug-likeness (QED) is 0.751. The molecular weight excluding hydrogens is 352 g/mol. The average molecular weight is 374 g/mol. The molecule has 1 N–H and O–H groups in total. The molecule has 1 aliphatic rings. The van der Waals surface area contributed by atoms with Crippen molar-refractivity contribution in [3.8, 4) is 5.75 Å². The van der Waals surface area contributed by atoms with E-state index in [0.717, 1.165) is 27.6 Å². The number of nitrogens with zero attached hydrogens (tertiary/aromatic N) is 1. The number of methoxy groups -OCH3 is 1. The molecule has 3 aromatic carbocycles. The highest BCUT2D eigenvalue weighted by atomic mass is 16.5. The number of nitrogens with one attached hydrogen (secondary N) is 1. The van der Waals surface area contributed by atoms with Crippen LogP contribution in [-0.2, 0) is 9.59 Å². The Labute approximate surface area is 163 Å². The molecule has 1 saturated heterocycles. The SMILES string of the molecule is COc1ccc2cc([C@H](C)C(=O)N3N[C@@H](c4ccccc4)CC3=O)ccc2c1. The highest BCUT2D eigenvalue weighted by Gasteiger charge is 2.36. The van der Waals surface area contributed by atoms with Gasteiger partial charge in [0.15, 0.2) is 0 Å². The summed E-state index contributed by atoms with van der Waals surface area (Å²) in [6, 6.07) is 21.3. The van der Waals surface area contributed by atoms with Crippen LogP contribution in [0.15, 0.2) is 66.7 Å². The summed E-state index contributed by atoms with van der Waals surface area (Å²) in [4.78, 5) is 25.4. The van der Waals surface area contributed by atoms with Crippen LogP contribution in [0.4, 0.5) is 0 Å². The normalized spacial score (nSPS) is 17.7. The van der Waals surface area contributed by atoms with Crippen LogP contribution >= 0.6 is 0 Å². The van der Waals surface area contributed by atoms with E-state index in [1.165, 1.54) is 5.01 Å². The zero-order chi connectivity index (χ0) is 19.7. The van der Waals surface area contributed by atoms with Crippen molar-refractivity contribution in [2.45, 2.75) is 25.3 Å². The van der Waals surface area contributed by atoms with Gasteiger partial charge in [0.2, 0.25) is 5.91 Å². The third kappa shape index (κ3) is 3.37. The van der Waals surface area contributed by atoms with Crippen molar-refractivity contribution in [1.82, 2.24) is 10.4 Å². The molecule has 3 aromatic rings. The maximum absolute atomic E-state index is 13.0. The Morgan fingerprint density at radius 2 is 1.79 bits per heavy atom. The fourth-order valence-corrected chi connectivity index (χ4v) is 3.58. The van der Waals surface area contributed by atoms with Gasteiger partial charge in [-0.15, -0.1) is 0 Å². The van der Waals surface area contributed by atoms with Crippen molar-refractivity contribution >= 4 is 22.6 Å². The molecule has 142 valence electrons. The van der Waals surface area contributed by atoms with Crippen LogP contribution in [0.1, 0.15) is 36.4 Å². The van der Waals surface area contributed by atoms with Crippen molar-refractivity contribution < 1.29 is 14.3 Å². The second-order valence-electron chi connectivity index (χ2n) is 7.06. The molecule has 5 nitrogen and oxygen atoms in total. The van der Waals surface area contributed by atoms with Crippen molar-refractivity contribution in [1.29, 1.82) is 0 Å². The Kier molecular flexibility index (Phi) is 4.84. The van der Waals surface area contributed by atoms with Crippen LogP contribution < -0.4 is 10.2 Å². The van der Waals surface area contributed by atoms with Crippen LogP contribution in [0.3, 0.4) is 0 Å². The van der Waals surface area contributed by atoms with Crippen molar-refractivity contribution in [2.75, 3.05) is 7.11 Å². The molecule has 2 atom stereocenters. The predicted octanol–water partition coefficient (Wildman–Crippen LogP) is 3.96. The van der Waals surface area contributed by atoms with Gasteiger partial charge in [-0.3, -0.25) is 9.59 Å². The molecular formula is C23H22N2O3. The monoisotopic (exact) mass is 374 g/mol. The maximum atomic E-state index is 13.0. The Balaban J connectivity index is 1.54. The standard InChI is InChI=1S/C23H22N2O3/c1-15(17-8-9-19-13-20(28-2)11-10-18(19)12-17)23(27)25-22(26)14-21(24-25)16-6-4-3-5-7-16/h3-13,15,21,24H,14H2,1-2H3/t15-,21+/m0/s1. The minimum absolute atomic E-state index is 0.172. The second-order valence-corrected chi connectivity index (χ2v) is 7.06. The molecule has 0 aromatic heterocycles. The summed E-state index contributed by atoms with van der Waals surface area (Å²) in [6.07, 6.45) is 0.278. The van der Waals surface area contributed by atoms with E-state index in [9.17, 15) is 9.59 Å². The van der Waals surface area contributed by atoms with Crippen molar-refractivity contribution in [2.24, 2.45) is 0 Å². The summed E-state index contributed by atoms with van der Waals surface area (Å²) >= 11 is 0. The number of rotatable bonds is 4. The number of hydrogen-bond donors (Lipinski definition) is 1. The second kappa shape index (κ2) is 7.44. The highest BCUT2D eigenvalue weighted by molar-refractivity contribution is 5.99. The number of imide groups is 1. The van der Waals surface area contributed by atoms with E-state index in [1.807, 2.05) is 73.7 Å². The largest absolute Gasteiger partial charge is 0.497 e. The van der Waals surface area contributed by atoms with Gasteiger partial charge in [0.1, 0.15) is 5.75 Å². The summed E-state index contributed by atoms with van der Waals surface area (Å²) in [5, 5.41) is 3.25. The van der Waals surface area contributed by atoms with Crippen molar-refractivity contribution in [3.63, 3.8) is 0 Å². The number of hydrazine groups is 1. The fourth-order valence-electron chi connectivity index (χ4n) is 3.58. The lowest BCUT2D eigenvalue weighted by Gasteiger charge is -2.21. The predicted molar refractivity (Wildman–Crippen MR) is 108 cm³/mol. The van der Waals surface area contributed by atoms with Crippen LogP contribution in [0.2, 0.25) is 0 Å². The number of hydrogen-bond acceptors (Lipinski definition) is 4. The third-order valence-corrected chi connectivity index (χ3v) is 5.28. The van der Waals surface area contributed by atoms with E-state index in [4.69, 9.17) is 4.74 Å². The summed E-state index contributed by atoms with van der Waals surface area (Å²) in [5.41, 5.74) is 4.95. The molecule has 0 saturated carbocycles. The molecule has 1 fully saturated rings. The number of benzene rings is 3. The Hall–Kier alpha value is -3.18. The van der Waals surface area contributed by atoms with Gasteiger partial charge in [-0.1, -0.05) is 54.6 Å². The molecule has 1 aliphatic heterocycles. The van der Waals surface area contributed by atoms with E-state index in [0.29, 0.717) is 0 Å². The summed E-state index contributed by atoms with van der Waals surface area (Å²) in [7, 11) is 1.64. The van der Waals surface area contributed by atoms with Crippen LogP contribution in [0, 0.1) is 0 Å². The minimum atomic E-state index is -0.433. The van der Waals surface area contributed by atoms with Gasteiger partial charge in [0.25, 0.3) is 5.91 Å². The van der Waals surface area contributed by atoms with E-state index >= 15 is 0 Å². The van der Waals surface area contributed by atoms with E-state index in [-0.39, 0.29) is 24.3 Å². The highest BCUT2D eigenvalue weighted by Crippen LogP contribution is 2.29. The lowest BCUT2D eigenvalue weighted by Crippen LogP contribution is -2.42. The molecule has 5 heteroatoms. The number of fused-ring (bicyclic) bond motifs is 1. The van der Waals surface area contributed by atoms with Crippen LogP contribution in [0.5, 0.6) is 5.75 Å². The fraction of sp³-hybridized carbons (Fsp3) is 0.217. The number of carbonyl (C=O) groups is 2. The van der Waals surface area contributed by atoms with Gasteiger partial charge in [-0.05, 0) is 41.0 Å². The van der Waals surface area contributed by atoms with Crippen molar-refractivity contribution in [3.05, 3.63) is 77.9 Å².